The van der Waals surface area contributed by atoms with Crippen molar-refractivity contribution in [2.45, 2.75) is 38.6 Å². The zero-order valence-electron chi connectivity index (χ0n) is 10.6. The van der Waals surface area contributed by atoms with E-state index < -0.39 is 0 Å². The van der Waals surface area contributed by atoms with Crippen LogP contribution in [0.2, 0.25) is 0 Å². The second-order valence-electron chi connectivity index (χ2n) is 5.22. The van der Waals surface area contributed by atoms with Crippen LogP contribution in [0.5, 0.6) is 0 Å². The largest absolute Gasteiger partial charge is 0.380 e. The number of hydrogen-bond acceptors (Lipinski definition) is 3. The van der Waals surface area contributed by atoms with Crippen molar-refractivity contribution >= 4 is 0 Å². The van der Waals surface area contributed by atoms with Crippen molar-refractivity contribution in [2.75, 3.05) is 39.4 Å². The number of rotatable bonds is 3. The Labute approximate surface area is 99.5 Å². The maximum Gasteiger partial charge on any atom is 0.0593 e. The highest BCUT2D eigenvalue weighted by Gasteiger charge is 2.22. The molecule has 3 nitrogen and oxygen atoms in total. The summed E-state index contributed by atoms with van der Waals surface area (Å²) in [6.07, 6.45) is 5.29. The summed E-state index contributed by atoms with van der Waals surface area (Å²) >= 11 is 0. The fourth-order valence-corrected chi connectivity index (χ4v) is 2.90. The summed E-state index contributed by atoms with van der Waals surface area (Å²) in [5.41, 5.74) is 0. The lowest BCUT2D eigenvalue weighted by Gasteiger charge is -2.33. The first-order valence-electron chi connectivity index (χ1n) is 6.92. The van der Waals surface area contributed by atoms with Gasteiger partial charge < -0.3 is 10.1 Å². The van der Waals surface area contributed by atoms with Gasteiger partial charge >= 0.3 is 0 Å². The Bertz CT molecular complexity index is 190. The molecule has 0 amide bonds. The first kappa shape index (κ1) is 12.3. The lowest BCUT2D eigenvalue weighted by molar-refractivity contribution is 0.136. The fourth-order valence-electron chi connectivity index (χ4n) is 2.90. The predicted octanol–water partition coefficient (Wildman–Crippen LogP) is 1.49. The average molecular weight is 226 g/mol. The lowest BCUT2D eigenvalue weighted by Crippen LogP contribution is -2.46. The van der Waals surface area contributed by atoms with Crippen LogP contribution in [-0.4, -0.2) is 50.3 Å². The van der Waals surface area contributed by atoms with E-state index in [9.17, 15) is 0 Å². The molecule has 2 heterocycles. The van der Waals surface area contributed by atoms with E-state index >= 15 is 0 Å². The number of ether oxygens (including phenoxy) is 1. The molecule has 0 spiro atoms. The number of nitrogens with one attached hydrogen (secondary N) is 1. The Kier molecular flexibility index (Phi) is 5.07. The topological polar surface area (TPSA) is 24.5 Å². The highest BCUT2D eigenvalue weighted by atomic mass is 16.5. The Morgan fingerprint density at radius 3 is 3.12 bits per heavy atom. The third-order valence-corrected chi connectivity index (χ3v) is 3.97. The van der Waals surface area contributed by atoms with Crippen molar-refractivity contribution in [2.24, 2.45) is 5.92 Å². The van der Waals surface area contributed by atoms with Gasteiger partial charge in [-0.2, -0.15) is 0 Å². The molecule has 0 bridgehead atoms. The third-order valence-electron chi connectivity index (χ3n) is 3.97. The molecule has 0 aromatic rings. The quantitative estimate of drug-likeness (QED) is 0.789. The Morgan fingerprint density at radius 1 is 1.31 bits per heavy atom. The lowest BCUT2D eigenvalue weighted by atomic mass is 9.90. The molecule has 0 radical (unpaired) electrons. The summed E-state index contributed by atoms with van der Waals surface area (Å²) in [6.45, 7) is 8.97. The average Bonchev–Trinajstić information content (AvgIpc) is 2.58. The zero-order chi connectivity index (χ0) is 11.2. The zero-order valence-corrected chi connectivity index (χ0v) is 10.6. The van der Waals surface area contributed by atoms with Crippen molar-refractivity contribution in [1.29, 1.82) is 0 Å². The molecule has 16 heavy (non-hydrogen) atoms. The van der Waals surface area contributed by atoms with Crippen LogP contribution in [0.1, 0.15) is 32.6 Å². The molecule has 2 fully saturated rings. The molecule has 0 saturated carbocycles. The van der Waals surface area contributed by atoms with E-state index in [0.29, 0.717) is 0 Å². The normalized spacial score (nSPS) is 33.6. The van der Waals surface area contributed by atoms with Crippen LogP contribution in [0.3, 0.4) is 0 Å². The summed E-state index contributed by atoms with van der Waals surface area (Å²) < 4.78 is 5.49. The predicted molar refractivity (Wildman–Crippen MR) is 66.7 cm³/mol. The van der Waals surface area contributed by atoms with Crippen molar-refractivity contribution in [3.8, 4) is 0 Å². The minimum absolute atomic E-state index is 0.719. The van der Waals surface area contributed by atoms with Gasteiger partial charge in [0.05, 0.1) is 6.61 Å². The van der Waals surface area contributed by atoms with Crippen LogP contribution in [0, 0.1) is 5.92 Å². The van der Waals surface area contributed by atoms with Gasteiger partial charge in [-0.05, 0) is 31.7 Å². The molecule has 2 atom stereocenters. The van der Waals surface area contributed by atoms with Gasteiger partial charge in [0.25, 0.3) is 0 Å². The highest BCUT2D eigenvalue weighted by Crippen LogP contribution is 2.20. The SMILES string of the molecule is CCC1CCNC(CN2CCCOCC2)C1. The van der Waals surface area contributed by atoms with Gasteiger partial charge in [-0.3, -0.25) is 4.90 Å². The van der Waals surface area contributed by atoms with Gasteiger partial charge in [-0.15, -0.1) is 0 Å². The van der Waals surface area contributed by atoms with Crippen LogP contribution in [0.25, 0.3) is 0 Å². The molecule has 2 aliphatic rings. The standard InChI is InChI=1S/C13H26N2O/c1-2-12-4-5-14-13(10-12)11-15-6-3-8-16-9-7-15/h12-14H,2-11H2,1H3. The van der Waals surface area contributed by atoms with E-state index in [1.54, 1.807) is 0 Å². The molecule has 1 N–H and O–H groups in total. The molecule has 0 aromatic carbocycles. The number of nitrogens with zero attached hydrogens (tertiary/aromatic N) is 1. The van der Waals surface area contributed by atoms with E-state index in [1.807, 2.05) is 0 Å². The van der Waals surface area contributed by atoms with Gasteiger partial charge in [0.2, 0.25) is 0 Å². The second-order valence-corrected chi connectivity index (χ2v) is 5.22. The third kappa shape index (κ3) is 3.72. The van der Waals surface area contributed by atoms with Crippen molar-refractivity contribution in [3.63, 3.8) is 0 Å². The number of piperidine rings is 1. The van der Waals surface area contributed by atoms with Gasteiger partial charge in [-0.1, -0.05) is 13.3 Å². The van der Waals surface area contributed by atoms with Gasteiger partial charge in [0.1, 0.15) is 0 Å². The summed E-state index contributed by atoms with van der Waals surface area (Å²) in [6, 6.07) is 0.719. The molecule has 2 rings (SSSR count). The van der Waals surface area contributed by atoms with Crippen LogP contribution < -0.4 is 5.32 Å². The van der Waals surface area contributed by atoms with E-state index in [1.165, 1.54) is 45.3 Å². The first-order chi connectivity index (χ1) is 7.88. The molecule has 2 aliphatic heterocycles. The fraction of sp³-hybridized carbons (Fsp3) is 1.00. The Balaban J connectivity index is 1.74. The van der Waals surface area contributed by atoms with E-state index in [4.69, 9.17) is 4.74 Å². The minimum Gasteiger partial charge on any atom is -0.380 e. The van der Waals surface area contributed by atoms with Crippen LogP contribution in [-0.2, 0) is 4.74 Å². The van der Waals surface area contributed by atoms with Crippen LogP contribution >= 0.6 is 0 Å². The Morgan fingerprint density at radius 2 is 2.25 bits per heavy atom. The second kappa shape index (κ2) is 6.58. The summed E-state index contributed by atoms with van der Waals surface area (Å²) in [7, 11) is 0. The van der Waals surface area contributed by atoms with Crippen molar-refractivity contribution < 1.29 is 4.74 Å². The van der Waals surface area contributed by atoms with Crippen LogP contribution in [0.4, 0.5) is 0 Å². The maximum atomic E-state index is 5.49. The van der Waals surface area contributed by atoms with E-state index in [-0.39, 0.29) is 0 Å². The molecule has 0 aromatic heterocycles. The van der Waals surface area contributed by atoms with E-state index in [0.717, 1.165) is 31.7 Å². The molecule has 2 saturated heterocycles. The van der Waals surface area contributed by atoms with E-state index in [2.05, 4.69) is 17.1 Å². The molecule has 0 aliphatic carbocycles. The molecule has 3 heteroatoms. The molecule has 94 valence electrons. The summed E-state index contributed by atoms with van der Waals surface area (Å²) in [4.78, 5) is 2.57. The van der Waals surface area contributed by atoms with Gasteiger partial charge in [-0.25, -0.2) is 0 Å². The summed E-state index contributed by atoms with van der Waals surface area (Å²) in [5.74, 6) is 0.953. The van der Waals surface area contributed by atoms with Gasteiger partial charge in [0, 0.05) is 32.3 Å². The van der Waals surface area contributed by atoms with Gasteiger partial charge in [0.15, 0.2) is 0 Å². The first-order valence-corrected chi connectivity index (χ1v) is 6.92. The minimum atomic E-state index is 0.719. The van der Waals surface area contributed by atoms with Crippen molar-refractivity contribution in [1.82, 2.24) is 10.2 Å². The summed E-state index contributed by atoms with van der Waals surface area (Å²) in [5, 5.41) is 3.67. The van der Waals surface area contributed by atoms with Crippen molar-refractivity contribution in [3.05, 3.63) is 0 Å². The van der Waals surface area contributed by atoms with Crippen LogP contribution in [0.15, 0.2) is 0 Å². The number of hydrogen-bond donors (Lipinski definition) is 1. The highest BCUT2D eigenvalue weighted by molar-refractivity contribution is 4.80. The molecular formula is C13H26N2O. The molecular weight excluding hydrogens is 200 g/mol. The monoisotopic (exact) mass is 226 g/mol. The Hall–Kier alpha value is -0.120. The molecule has 2 unspecified atom stereocenters. The maximum absolute atomic E-state index is 5.49. The smallest absolute Gasteiger partial charge is 0.0593 e.